The number of ketones is 1. The second-order valence-corrected chi connectivity index (χ2v) is 8.60. The molecular weight excluding hydrogens is 426 g/mol. The maximum atomic E-state index is 12.2. The van der Waals surface area contributed by atoms with E-state index in [0.29, 0.717) is 5.70 Å². The van der Waals surface area contributed by atoms with Crippen LogP contribution < -0.4 is 10.5 Å². The normalized spacial score (nSPS) is 15.0. The highest BCUT2D eigenvalue weighted by molar-refractivity contribution is 6.09. The molecule has 34 heavy (non-hydrogen) atoms. The second-order valence-electron chi connectivity index (χ2n) is 8.60. The van der Waals surface area contributed by atoms with Crippen molar-refractivity contribution in [2.45, 2.75) is 87.0 Å². The lowest BCUT2D eigenvalue weighted by atomic mass is 10.1. The van der Waals surface area contributed by atoms with Crippen LogP contribution in [-0.2, 0) is 9.59 Å². The van der Waals surface area contributed by atoms with Crippen LogP contribution in [0.3, 0.4) is 0 Å². The van der Waals surface area contributed by atoms with Gasteiger partial charge >= 0.3 is 0 Å². The average Bonchev–Trinajstić information content (AvgIpc) is 3.28. The van der Waals surface area contributed by atoms with E-state index in [0.717, 1.165) is 62.2 Å². The van der Waals surface area contributed by atoms with Crippen LogP contribution in [0.25, 0.3) is 0 Å². The Morgan fingerprint density at radius 1 is 1.03 bits per heavy atom. The van der Waals surface area contributed by atoms with Gasteiger partial charge < -0.3 is 15.4 Å². The van der Waals surface area contributed by atoms with Crippen molar-refractivity contribution in [3.8, 4) is 5.75 Å². The fraction of sp³-hybridized carbons (Fsp3) is 0.607. The average molecular weight is 474 g/mol. The van der Waals surface area contributed by atoms with E-state index < -0.39 is 0 Å². The van der Waals surface area contributed by atoms with Gasteiger partial charge in [-0.1, -0.05) is 40.2 Å². The summed E-state index contributed by atoms with van der Waals surface area (Å²) in [6.07, 6.45) is 5.68. The molecule has 0 spiro atoms. The minimum atomic E-state index is -0.121. The van der Waals surface area contributed by atoms with Crippen LogP contribution in [0.5, 0.6) is 5.75 Å². The fourth-order valence-electron chi connectivity index (χ4n) is 3.41. The predicted octanol–water partition coefficient (Wildman–Crippen LogP) is 5.79. The molecule has 1 aliphatic carbocycles. The van der Waals surface area contributed by atoms with Crippen molar-refractivity contribution >= 4 is 17.4 Å². The molecule has 0 bridgehead atoms. The maximum absolute atomic E-state index is 12.2. The molecular formula is C28H47N3O3. The molecule has 1 amide bonds. The molecule has 0 unspecified atom stereocenters. The van der Waals surface area contributed by atoms with Crippen molar-refractivity contribution in [2.24, 2.45) is 10.7 Å². The van der Waals surface area contributed by atoms with Gasteiger partial charge in [0.05, 0.1) is 12.8 Å². The molecule has 0 atom stereocenters. The van der Waals surface area contributed by atoms with Gasteiger partial charge in [0.1, 0.15) is 12.3 Å². The molecule has 1 saturated carbocycles. The molecule has 0 aliphatic heterocycles. The zero-order valence-electron chi connectivity index (χ0n) is 22.8. The van der Waals surface area contributed by atoms with E-state index in [1.165, 1.54) is 24.5 Å². The molecule has 2 N–H and O–H groups in total. The number of carbonyl (C=O) groups excluding carboxylic acids is 2. The van der Waals surface area contributed by atoms with Gasteiger partial charge in [-0.25, -0.2) is 0 Å². The van der Waals surface area contributed by atoms with Gasteiger partial charge in [0.15, 0.2) is 5.78 Å². The monoisotopic (exact) mass is 473 g/mol. The van der Waals surface area contributed by atoms with E-state index in [2.05, 4.69) is 52.6 Å². The third-order valence-corrected chi connectivity index (χ3v) is 5.35. The van der Waals surface area contributed by atoms with Crippen LogP contribution in [0, 0.1) is 13.8 Å². The molecule has 2 rings (SSSR count). The van der Waals surface area contributed by atoms with Crippen molar-refractivity contribution in [1.82, 2.24) is 4.90 Å². The maximum Gasteiger partial charge on any atom is 0.244 e. The number of hydrogen-bond donors (Lipinski definition) is 1. The quantitative estimate of drug-likeness (QED) is 0.484. The first-order valence-corrected chi connectivity index (χ1v) is 12.6. The van der Waals surface area contributed by atoms with E-state index in [1.807, 2.05) is 17.0 Å². The third-order valence-electron chi connectivity index (χ3n) is 5.35. The van der Waals surface area contributed by atoms with Gasteiger partial charge in [-0.15, -0.1) is 0 Å². The Morgan fingerprint density at radius 3 is 2.09 bits per heavy atom. The molecule has 0 saturated heterocycles. The van der Waals surface area contributed by atoms with Crippen LogP contribution >= 0.6 is 0 Å². The third kappa shape index (κ3) is 11.5. The SMILES string of the molecule is CCC.CCCN(CCC)C(=O)CN=C1CCC/C1=C(/N)C(C)=O.COc1ccc(C)c(C)c1. The Kier molecular flexibility index (Phi) is 16.4. The van der Waals surface area contributed by atoms with Crippen LogP contribution in [-0.4, -0.2) is 49.0 Å². The summed E-state index contributed by atoms with van der Waals surface area (Å²) in [6.45, 7) is 15.7. The lowest BCUT2D eigenvalue weighted by Gasteiger charge is -2.20. The number of ether oxygens (including phenoxy) is 1. The number of allylic oxidation sites excluding steroid dienone is 2. The highest BCUT2D eigenvalue weighted by Crippen LogP contribution is 2.24. The molecule has 1 aromatic carbocycles. The van der Waals surface area contributed by atoms with Gasteiger partial charge in [0.2, 0.25) is 5.91 Å². The predicted molar refractivity (Wildman–Crippen MR) is 144 cm³/mol. The van der Waals surface area contributed by atoms with E-state index in [4.69, 9.17) is 10.5 Å². The number of amides is 1. The Labute approximate surface area is 207 Å². The molecule has 6 heteroatoms. The standard InChI is InChI=1S/C16H27N3O2.C9H12O.C3H8/c1-4-9-19(10-5-2)15(21)11-18-14-8-6-7-13(14)16(17)12(3)20;1-7-4-5-9(10-3)6-8(7)2;1-3-2/h4-11,17H2,1-3H3;4-6H,1-3H3;3H2,1-2H3/b16-13-,18-14?;;. The number of methoxy groups -OCH3 is 1. The summed E-state index contributed by atoms with van der Waals surface area (Å²) in [6, 6.07) is 6.08. The van der Waals surface area contributed by atoms with Crippen LogP contribution in [0.4, 0.5) is 0 Å². The topological polar surface area (TPSA) is 85.0 Å². The van der Waals surface area contributed by atoms with Crippen LogP contribution in [0.15, 0.2) is 34.5 Å². The Balaban J connectivity index is 0.000000692. The van der Waals surface area contributed by atoms with E-state index in [-0.39, 0.29) is 18.2 Å². The van der Waals surface area contributed by atoms with Gasteiger partial charge in [-0.2, -0.15) is 0 Å². The van der Waals surface area contributed by atoms with Gasteiger partial charge in [-0.3, -0.25) is 14.6 Å². The summed E-state index contributed by atoms with van der Waals surface area (Å²) in [7, 11) is 1.68. The van der Waals surface area contributed by atoms with E-state index in [9.17, 15) is 9.59 Å². The largest absolute Gasteiger partial charge is 0.497 e. The lowest BCUT2D eigenvalue weighted by Crippen LogP contribution is -2.34. The second kappa shape index (κ2) is 17.8. The summed E-state index contributed by atoms with van der Waals surface area (Å²) in [5.74, 6) is 0.867. The fourth-order valence-corrected chi connectivity index (χ4v) is 3.41. The summed E-state index contributed by atoms with van der Waals surface area (Å²) >= 11 is 0. The molecule has 6 nitrogen and oxygen atoms in total. The Morgan fingerprint density at radius 2 is 1.62 bits per heavy atom. The van der Waals surface area contributed by atoms with Crippen molar-refractivity contribution in [1.29, 1.82) is 0 Å². The van der Waals surface area contributed by atoms with Gasteiger partial charge in [0, 0.05) is 25.7 Å². The van der Waals surface area contributed by atoms with Gasteiger partial charge in [-0.05, 0) is 74.8 Å². The first-order chi connectivity index (χ1) is 16.2. The molecule has 1 fully saturated rings. The summed E-state index contributed by atoms with van der Waals surface area (Å²) in [4.78, 5) is 29.9. The highest BCUT2D eigenvalue weighted by Gasteiger charge is 2.21. The smallest absolute Gasteiger partial charge is 0.244 e. The molecule has 1 aliphatic rings. The van der Waals surface area contributed by atoms with Crippen molar-refractivity contribution < 1.29 is 14.3 Å². The number of aliphatic imine (C=N–C) groups is 1. The van der Waals surface area contributed by atoms with Crippen molar-refractivity contribution in [3.63, 3.8) is 0 Å². The van der Waals surface area contributed by atoms with Gasteiger partial charge in [0.25, 0.3) is 0 Å². The summed E-state index contributed by atoms with van der Waals surface area (Å²) < 4.78 is 5.05. The number of nitrogens with zero attached hydrogens (tertiary/aromatic N) is 2. The zero-order chi connectivity index (χ0) is 26.1. The number of benzene rings is 1. The summed E-state index contributed by atoms with van der Waals surface area (Å²) in [5.41, 5.74) is 10.4. The van der Waals surface area contributed by atoms with Crippen molar-refractivity contribution in [3.05, 3.63) is 40.6 Å². The molecule has 0 aromatic heterocycles. The number of carbonyl (C=O) groups is 2. The Hall–Kier alpha value is -2.63. The number of Topliss-reactive ketones (excluding diaryl/α,β-unsaturated/α-hetero) is 1. The number of aryl methyl sites for hydroxylation is 2. The van der Waals surface area contributed by atoms with E-state index in [1.54, 1.807) is 7.11 Å². The van der Waals surface area contributed by atoms with Crippen molar-refractivity contribution in [2.75, 3.05) is 26.7 Å². The minimum absolute atomic E-state index is 0.0545. The Bertz CT molecular complexity index is 822. The van der Waals surface area contributed by atoms with Crippen LogP contribution in [0.2, 0.25) is 0 Å². The molecule has 1 aromatic rings. The summed E-state index contributed by atoms with van der Waals surface area (Å²) in [5, 5.41) is 0. The number of nitrogens with two attached hydrogens (primary N) is 1. The molecule has 0 heterocycles. The first kappa shape index (κ1) is 31.4. The first-order valence-electron chi connectivity index (χ1n) is 12.6. The minimum Gasteiger partial charge on any atom is -0.497 e. The van der Waals surface area contributed by atoms with E-state index >= 15 is 0 Å². The number of hydrogen-bond acceptors (Lipinski definition) is 5. The molecule has 0 radical (unpaired) electrons. The number of rotatable bonds is 8. The zero-order valence-corrected chi connectivity index (χ0v) is 22.8. The van der Waals surface area contributed by atoms with Crippen LogP contribution in [0.1, 0.15) is 84.3 Å². The highest BCUT2D eigenvalue weighted by atomic mass is 16.5. The lowest BCUT2D eigenvalue weighted by molar-refractivity contribution is -0.129. The molecule has 192 valence electrons.